The molecule has 0 atom stereocenters. The monoisotopic (exact) mass is 273 g/mol. The second kappa shape index (κ2) is 4.63. The molecule has 1 aliphatic rings. The second-order valence-electron chi connectivity index (χ2n) is 2.92. The molecule has 1 saturated heterocycles. The molecule has 0 aromatic heterocycles. The summed E-state index contributed by atoms with van der Waals surface area (Å²) < 4.78 is 19.2. The molecule has 0 unspecified atom stereocenters. The average molecular weight is 274 g/mol. The van der Waals surface area contributed by atoms with Gasteiger partial charge in [-0.25, -0.2) is 9.87 Å². The third-order valence-corrected chi connectivity index (χ3v) is 2.69. The molecule has 5 heteroatoms. The smallest absolute Gasteiger partial charge is 0.226 e. The normalized spacial score (nSPS) is 19.1. The highest BCUT2D eigenvalue weighted by molar-refractivity contribution is 9.15. The van der Waals surface area contributed by atoms with Crippen molar-refractivity contribution in [2.45, 2.75) is 0 Å². The summed E-state index contributed by atoms with van der Waals surface area (Å²) in [6.45, 7) is 0.924. The van der Waals surface area contributed by atoms with E-state index in [0.717, 1.165) is 0 Å². The van der Waals surface area contributed by atoms with E-state index in [1.807, 2.05) is 0 Å². The molecule has 15 heavy (non-hydrogen) atoms. The standard InChI is InChI=1S/C10H9BrFNO2/c11-9(10-13-15-6-5-14-10)7-3-1-2-4-8(7)12/h1-4,13H,5-6H2. The summed E-state index contributed by atoms with van der Waals surface area (Å²) in [5.74, 6) is 0.0826. The minimum atomic E-state index is -0.312. The van der Waals surface area contributed by atoms with E-state index in [-0.39, 0.29) is 5.82 Å². The van der Waals surface area contributed by atoms with Crippen LogP contribution in [0.5, 0.6) is 0 Å². The summed E-state index contributed by atoms with van der Waals surface area (Å²) in [6.07, 6.45) is 0. The lowest BCUT2D eigenvalue weighted by atomic mass is 10.2. The second-order valence-corrected chi connectivity index (χ2v) is 3.71. The van der Waals surface area contributed by atoms with Crippen molar-refractivity contribution in [2.24, 2.45) is 0 Å². The number of hydrogen-bond donors (Lipinski definition) is 1. The number of hydroxylamine groups is 1. The Morgan fingerprint density at radius 3 is 2.80 bits per heavy atom. The van der Waals surface area contributed by atoms with Gasteiger partial charge in [0, 0.05) is 5.56 Å². The van der Waals surface area contributed by atoms with Gasteiger partial charge in [-0.05, 0) is 22.0 Å². The van der Waals surface area contributed by atoms with Gasteiger partial charge in [0.05, 0.1) is 4.48 Å². The van der Waals surface area contributed by atoms with Gasteiger partial charge in [-0.3, -0.25) is 4.84 Å². The summed E-state index contributed by atoms with van der Waals surface area (Å²) in [6, 6.07) is 6.44. The topological polar surface area (TPSA) is 30.5 Å². The molecule has 1 aliphatic heterocycles. The van der Waals surface area contributed by atoms with E-state index in [2.05, 4.69) is 21.4 Å². The predicted molar refractivity (Wildman–Crippen MR) is 57.3 cm³/mol. The van der Waals surface area contributed by atoms with Crippen LogP contribution in [0.3, 0.4) is 0 Å². The fourth-order valence-electron chi connectivity index (χ4n) is 1.20. The van der Waals surface area contributed by atoms with Gasteiger partial charge in [-0.1, -0.05) is 18.2 Å². The van der Waals surface area contributed by atoms with Gasteiger partial charge in [0.1, 0.15) is 19.0 Å². The predicted octanol–water partition coefficient (Wildman–Crippen LogP) is 2.40. The number of hydrogen-bond acceptors (Lipinski definition) is 3. The maximum Gasteiger partial charge on any atom is 0.226 e. The van der Waals surface area contributed by atoms with E-state index >= 15 is 0 Å². The molecule has 0 amide bonds. The van der Waals surface area contributed by atoms with Gasteiger partial charge in [-0.2, -0.15) is 0 Å². The molecule has 2 rings (SSSR count). The molecule has 1 aromatic carbocycles. The Labute approximate surface area is 95.0 Å². The van der Waals surface area contributed by atoms with Gasteiger partial charge in [0.15, 0.2) is 0 Å². The fourth-order valence-corrected chi connectivity index (χ4v) is 1.72. The van der Waals surface area contributed by atoms with Gasteiger partial charge in [0.2, 0.25) is 5.88 Å². The van der Waals surface area contributed by atoms with Crippen molar-refractivity contribution >= 4 is 20.4 Å². The van der Waals surface area contributed by atoms with Crippen LogP contribution in [-0.4, -0.2) is 13.2 Å². The Hall–Kier alpha value is -1.07. The highest BCUT2D eigenvalue weighted by atomic mass is 79.9. The van der Waals surface area contributed by atoms with E-state index in [4.69, 9.17) is 9.57 Å². The summed E-state index contributed by atoms with van der Waals surface area (Å²) in [5.41, 5.74) is 3.02. The van der Waals surface area contributed by atoms with Crippen molar-refractivity contribution in [1.82, 2.24) is 5.48 Å². The first-order valence-electron chi connectivity index (χ1n) is 4.44. The van der Waals surface area contributed by atoms with Crippen LogP contribution >= 0.6 is 15.9 Å². The summed E-state index contributed by atoms with van der Waals surface area (Å²) >= 11 is 3.27. The molecule has 3 nitrogen and oxygen atoms in total. The van der Waals surface area contributed by atoms with Crippen LogP contribution in [0.4, 0.5) is 4.39 Å². The fraction of sp³-hybridized carbons (Fsp3) is 0.200. The molecule has 1 heterocycles. The van der Waals surface area contributed by atoms with Crippen molar-refractivity contribution in [2.75, 3.05) is 13.2 Å². The van der Waals surface area contributed by atoms with Gasteiger partial charge < -0.3 is 4.74 Å². The Balaban J connectivity index is 2.33. The SMILES string of the molecule is Fc1ccccc1C(Br)=C1NOCCO1. The first kappa shape index (κ1) is 10.4. The van der Waals surface area contributed by atoms with E-state index in [1.165, 1.54) is 6.07 Å². The Kier molecular flexibility index (Phi) is 3.23. The maximum atomic E-state index is 13.4. The lowest BCUT2D eigenvalue weighted by molar-refractivity contribution is -0.0554. The lowest BCUT2D eigenvalue weighted by Crippen LogP contribution is -2.26. The van der Waals surface area contributed by atoms with Crippen LogP contribution in [0, 0.1) is 5.82 Å². The molecular formula is C10H9BrFNO2. The van der Waals surface area contributed by atoms with E-state index in [0.29, 0.717) is 29.1 Å². The zero-order valence-electron chi connectivity index (χ0n) is 7.80. The number of nitrogens with one attached hydrogen (secondary N) is 1. The number of halogens is 2. The molecule has 1 aromatic rings. The minimum absolute atomic E-state index is 0.312. The lowest BCUT2D eigenvalue weighted by Gasteiger charge is -2.19. The maximum absolute atomic E-state index is 13.4. The first-order valence-corrected chi connectivity index (χ1v) is 5.23. The quantitative estimate of drug-likeness (QED) is 0.853. The molecule has 0 aliphatic carbocycles. The van der Waals surface area contributed by atoms with Crippen LogP contribution < -0.4 is 5.48 Å². The van der Waals surface area contributed by atoms with Gasteiger partial charge >= 0.3 is 0 Å². The number of benzene rings is 1. The molecule has 80 valence electrons. The summed E-state index contributed by atoms with van der Waals surface area (Å²) in [4.78, 5) is 4.98. The van der Waals surface area contributed by atoms with Crippen molar-refractivity contribution in [3.8, 4) is 0 Å². The molecule has 0 bridgehead atoms. The Bertz CT molecular complexity index is 387. The minimum Gasteiger partial charge on any atom is -0.474 e. The van der Waals surface area contributed by atoms with Crippen LogP contribution in [0.2, 0.25) is 0 Å². The van der Waals surface area contributed by atoms with Crippen LogP contribution in [0.1, 0.15) is 5.56 Å². The third-order valence-electron chi connectivity index (χ3n) is 1.91. The molecule has 0 spiro atoms. The van der Waals surface area contributed by atoms with Crippen molar-refractivity contribution < 1.29 is 14.0 Å². The largest absolute Gasteiger partial charge is 0.474 e. The van der Waals surface area contributed by atoms with E-state index in [1.54, 1.807) is 18.2 Å². The van der Waals surface area contributed by atoms with Crippen molar-refractivity contribution in [3.05, 3.63) is 41.5 Å². The summed E-state index contributed by atoms with van der Waals surface area (Å²) in [7, 11) is 0. The summed E-state index contributed by atoms with van der Waals surface area (Å²) in [5, 5.41) is 0. The Morgan fingerprint density at radius 2 is 2.13 bits per heavy atom. The first-order chi connectivity index (χ1) is 7.29. The number of ether oxygens (including phenoxy) is 1. The molecule has 0 radical (unpaired) electrons. The molecule has 1 fully saturated rings. The third kappa shape index (κ3) is 2.30. The zero-order chi connectivity index (χ0) is 10.7. The molecule has 1 N–H and O–H groups in total. The highest BCUT2D eigenvalue weighted by Gasteiger charge is 2.14. The van der Waals surface area contributed by atoms with Gasteiger partial charge in [0.25, 0.3) is 0 Å². The van der Waals surface area contributed by atoms with Gasteiger partial charge in [-0.15, -0.1) is 0 Å². The Morgan fingerprint density at radius 1 is 1.33 bits per heavy atom. The molecule has 0 saturated carbocycles. The zero-order valence-corrected chi connectivity index (χ0v) is 9.38. The molecular weight excluding hydrogens is 265 g/mol. The van der Waals surface area contributed by atoms with E-state index in [9.17, 15) is 4.39 Å². The van der Waals surface area contributed by atoms with E-state index < -0.39 is 0 Å². The highest BCUT2D eigenvalue weighted by Crippen LogP contribution is 2.27. The van der Waals surface area contributed by atoms with Crippen molar-refractivity contribution in [1.29, 1.82) is 0 Å². The van der Waals surface area contributed by atoms with Crippen molar-refractivity contribution in [3.63, 3.8) is 0 Å². The average Bonchev–Trinajstić information content (AvgIpc) is 2.30. The number of rotatable bonds is 1. The van der Waals surface area contributed by atoms with Crippen LogP contribution in [0.15, 0.2) is 30.1 Å². The van der Waals surface area contributed by atoms with Crippen LogP contribution in [0.25, 0.3) is 4.48 Å². The van der Waals surface area contributed by atoms with Crippen LogP contribution in [-0.2, 0) is 9.57 Å².